The van der Waals surface area contributed by atoms with Gasteiger partial charge in [0.05, 0.1) is 6.04 Å². The Morgan fingerprint density at radius 3 is 2.33 bits per heavy atom. The summed E-state index contributed by atoms with van der Waals surface area (Å²) in [5.41, 5.74) is 7.13. The summed E-state index contributed by atoms with van der Waals surface area (Å²) in [6.45, 7) is 17.0. The molecule has 1 fully saturated rings. The molecular formula is C29H50N2O2. The summed E-state index contributed by atoms with van der Waals surface area (Å²) in [5, 5.41) is 7.00. The Morgan fingerprint density at radius 1 is 1.12 bits per heavy atom. The molecule has 188 valence electrons. The van der Waals surface area contributed by atoms with Gasteiger partial charge in [-0.05, 0) is 37.5 Å². The SMILES string of the molecule is C=C/C=C\C=C1/CC=C(/C=C\C=C)C2(C)CCC(=O)N(CCCCCC)C12.CC.CN.CO. The molecule has 0 aromatic heterocycles. The molecule has 1 heterocycles. The van der Waals surface area contributed by atoms with E-state index in [2.05, 4.69) is 61.9 Å². The maximum Gasteiger partial charge on any atom is 0.223 e. The van der Waals surface area contributed by atoms with Crippen LogP contribution >= 0.6 is 0 Å². The van der Waals surface area contributed by atoms with Crippen LogP contribution in [0.2, 0.25) is 0 Å². The molecule has 33 heavy (non-hydrogen) atoms. The van der Waals surface area contributed by atoms with Crippen LogP contribution in [0.1, 0.15) is 72.6 Å². The fourth-order valence-corrected chi connectivity index (χ4v) is 4.43. The first-order chi connectivity index (χ1) is 16.1. The molecule has 2 aliphatic rings. The van der Waals surface area contributed by atoms with E-state index in [0.29, 0.717) is 12.3 Å². The number of aliphatic hydroxyl groups excluding tert-OH is 1. The van der Waals surface area contributed by atoms with E-state index in [-0.39, 0.29) is 11.5 Å². The highest BCUT2D eigenvalue weighted by Gasteiger charge is 2.48. The molecule has 0 aromatic carbocycles. The van der Waals surface area contributed by atoms with Gasteiger partial charge in [0.15, 0.2) is 0 Å². The molecule has 4 nitrogen and oxygen atoms in total. The van der Waals surface area contributed by atoms with Gasteiger partial charge in [-0.1, -0.05) is 109 Å². The highest BCUT2D eigenvalue weighted by Crippen LogP contribution is 2.49. The highest BCUT2D eigenvalue weighted by molar-refractivity contribution is 5.79. The van der Waals surface area contributed by atoms with Crippen LogP contribution in [0, 0.1) is 5.41 Å². The standard InChI is InChI=1S/C25H35NO.C2H6.CH5N.CH4O/c1-5-8-11-13-20-26-23(27)18-19-25(4)22(15-10-7-3)17-16-21(24(25)26)14-12-9-6-2;3*1-2/h6-7,9-10,12,14-15,17,24H,2-3,5,8,11,13,16,18-20H2,1,4H3;1-2H3;2H2,1H3;2H,1H3/b12-9-,15-10-,21-14+;;;. The van der Waals surface area contributed by atoms with E-state index in [9.17, 15) is 4.79 Å². The van der Waals surface area contributed by atoms with E-state index in [1.54, 1.807) is 6.08 Å². The summed E-state index contributed by atoms with van der Waals surface area (Å²) in [7, 11) is 2.50. The number of fused-ring (bicyclic) bond motifs is 1. The molecule has 1 aliphatic heterocycles. The molecule has 1 aliphatic carbocycles. The van der Waals surface area contributed by atoms with Gasteiger partial charge in [0.1, 0.15) is 0 Å². The van der Waals surface area contributed by atoms with Crippen molar-refractivity contribution in [1.29, 1.82) is 0 Å². The molecule has 0 saturated carbocycles. The van der Waals surface area contributed by atoms with Crippen molar-refractivity contribution >= 4 is 5.91 Å². The monoisotopic (exact) mass is 458 g/mol. The van der Waals surface area contributed by atoms with Crippen LogP contribution in [-0.4, -0.2) is 42.7 Å². The fraction of sp³-hybridized carbons (Fsp3) is 0.552. The Hall–Kier alpha value is -2.17. The minimum absolute atomic E-state index is 0.0374. The van der Waals surface area contributed by atoms with E-state index in [0.717, 1.165) is 32.9 Å². The number of carbonyl (C=O) groups is 1. The summed E-state index contributed by atoms with van der Waals surface area (Å²) in [5.74, 6) is 0.307. The Labute approximate surface area is 204 Å². The molecule has 0 aromatic rings. The summed E-state index contributed by atoms with van der Waals surface area (Å²) in [6.07, 6.45) is 23.5. The highest BCUT2D eigenvalue weighted by atomic mass is 16.2. The van der Waals surface area contributed by atoms with Gasteiger partial charge in [0, 0.05) is 25.5 Å². The number of nitrogens with two attached hydrogens (primary N) is 1. The average molecular weight is 459 g/mol. The van der Waals surface area contributed by atoms with Crippen LogP contribution in [-0.2, 0) is 4.79 Å². The zero-order chi connectivity index (χ0) is 25.7. The van der Waals surface area contributed by atoms with Crippen molar-refractivity contribution in [3.63, 3.8) is 0 Å². The van der Waals surface area contributed by atoms with Gasteiger partial charge in [-0.15, -0.1) is 0 Å². The topological polar surface area (TPSA) is 66.6 Å². The van der Waals surface area contributed by atoms with Crippen LogP contribution < -0.4 is 5.73 Å². The molecule has 4 heteroatoms. The van der Waals surface area contributed by atoms with E-state index in [1.807, 2.05) is 32.1 Å². The minimum Gasteiger partial charge on any atom is -0.400 e. The molecule has 0 spiro atoms. The van der Waals surface area contributed by atoms with Gasteiger partial charge >= 0.3 is 0 Å². The van der Waals surface area contributed by atoms with Crippen LogP contribution in [0.4, 0.5) is 0 Å². The molecule has 1 amide bonds. The number of rotatable bonds is 9. The third-order valence-corrected chi connectivity index (χ3v) is 5.88. The first-order valence-corrected chi connectivity index (χ1v) is 12.4. The van der Waals surface area contributed by atoms with Crippen LogP contribution in [0.5, 0.6) is 0 Å². The third-order valence-electron chi connectivity index (χ3n) is 5.88. The number of aliphatic hydroxyl groups is 1. The molecule has 0 bridgehead atoms. The maximum atomic E-state index is 12.9. The second-order valence-electron chi connectivity index (χ2n) is 7.79. The molecule has 1 saturated heterocycles. The normalized spacial score (nSPS) is 22.8. The Morgan fingerprint density at radius 2 is 1.76 bits per heavy atom. The summed E-state index contributed by atoms with van der Waals surface area (Å²) < 4.78 is 0. The first-order valence-electron chi connectivity index (χ1n) is 12.4. The predicted molar refractivity (Wildman–Crippen MR) is 146 cm³/mol. The molecule has 2 rings (SSSR count). The predicted octanol–water partition coefficient (Wildman–Crippen LogP) is 6.51. The van der Waals surface area contributed by atoms with Gasteiger partial charge in [-0.2, -0.15) is 0 Å². The minimum atomic E-state index is -0.0374. The van der Waals surface area contributed by atoms with Gasteiger partial charge in [0.25, 0.3) is 0 Å². The molecule has 2 unspecified atom stereocenters. The lowest BCUT2D eigenvalue weighted by molar-refractivity contribution is -0.140. The number of nitrogens with zero attached hydrogens (tertiary/aromatic N) is 1. The lowest BCUT2D eigenvalue weighted by Crippen LogP contribution is -2.56. The smallest absolute Gasteiger partial charge is 0.223 e. The Balaban J connectivity index is 0. The first kappa shape index (κ1) is 33.0. The fourth-order valence-electron chi connectivity index (χ4n) is 4.43. The molecule has 2 atom stereocenters. The van der Waals surface area contributed by atoms with Crippen molar-refractivity contribution in [2.75, 3.05) is 20.7 Å². The van der Waals surface area contributed by atoms with Crippen molar-refractivity contribution in [2.24, 2.45) is 11.1 Å². The number of allylic oxidation sites excluding steroid dienone is 8. The number of amides is 1. The van der Waals surface area contributed by atoms with Crippen LogP contribution in [0.3, 0.4) is 0 Å². The van der Waals surface area contributed by atoms with Crippen molar-refractivity contribution in [3.8, 4) is 0 Å². The summed E-state index contributed by atoms with van der Waals surface area (Å²) in [6, 6.07) is 0.143. The molecule has 0 radical (unpaired) electrons. The maximum absolute atomic E-state index is 12.9. The summed E-state index contributed by atoms with van der Waals surface area (Å²) in [4.78, 5) is 15.0. The van der Waals surface area contributed by atoms with Gasteiger partial charge in [-0.3, -0.25) is 4.79 Å². The quantitative estimate of drug-likeness (QED) is 0.305. The number of likely N-dealkylation sites (tertiary alicyclic amines) is 1. The van der Waals surface area contributed by atoms with Crippen LogP contribution in [0.25, 0.3) is 0 Å². The molecular weight excluding hydrogens is 408 g/mol. The zero-order valence-corrected chi connectivity index (χ0v) is 22.1. The van der Waals surface area contributed by atoms with Crippen molar-refractivity contribution in [3.05, 3.63) is 72.9 Å². The van der Waals surface area contributed by atoms with E-state index in [1.165, 1.54) is 37.5 Å². The molecule has 3 N–H and O–H groups in total. The van der Waals surface area contributed by atoms with E-state index >= 15 is 0 Å². The number of hydrogen-bond donors (Lipinski definition) is 2. The number of carbonyl (C=O) groups excluding carboxylic acids is 1. The van der Waals surface area contributed by atoms with Gasteiger partial charge in [-0.25, -0.2) is 0 Å². The van der Waals surface area contributed by atoms with Crippen molar-refractivity contribution in [1.82, 2.24) is 4.90 Å². The second kappa shape index (κ2) is 20.4. The van der Waals surface area contributed by atoms with E-state index in [4.69, 9.17) is 5.11 Å². The lowest BCUT2D eigenvalue weighted by atomic mass is 9.63. The number of unbranched alkanes of at least 4 members (excludes halogenated alkanes) is 3. The van der Waals surface area contributed by atoms with Crippen molar-refractivity contribution < 1.29 is 9.90 Å². The zero-order valence-electron chi connectivity index (χ0n) is 22.1. The second-order valence-corrected chi connectivity index (χ2v) is 7.79. The van der Waals surface area contributed by atoms with Gasteiger partial charge < -0.3 is 15.7 Å². The number of piperidine rings is 1. The largest absolute Gasteiger partial charge is 0.400 e. The van der Waals surface area contributed by atoms with Crippen molar-refractivity contribution in [2.45, 2.75) is 78.7 Å². The Bertz CT molecular complexity index is 673. The average Bonchev–Trinajstić information content (AvgIpc) is 2.86. The van der Waals surface area contributed by atoms with Crippen LogP contribution in [0.15, 0.2) is 72.9 Å². The Kier molecular flexibility index (Phi) is 20.4. The van der Waals surface area contributed by atoms with E-state index < -0.39 is 0 Å². The summed E-state index contributed by atoms with van der Waals surface area (Å²) >= 11 is 0. The number of hydrogen-bond acceptors (Lipinski definition) is 3. The van der Waals surface area contributed by atoms with Gasteiger partial charge in [0.2, 0.25) is 5.91 Å². The third kappa shape index (κ3) is 10.1. The lowest BCUT2D eigenvalue weighted by Gasteiger charge is -2.52.